The van der Waals surface area contributed by atoms with Crippen LogP contribution in [0.5, 0.6) is 5.88 Å². The lowest BCUT2D eigenvalue weighted by molar-refractivity contribution is 0.102. The summed E-state index contributed by atoms with van der Waals surface area (Å²) in [5.41, 5.74) is 4.86. The largest absolute Gasteiger partial charge is 0.477 e. The van der Waals surface area contributed by atoms with E-state index in [1.54, 1.807) is 35.5 Å². The molecule has 6 rings (SSSR count). The number of rotatable bonds is 1. The second-order valence-electron chi connectivity index (χ2n) is 11.0. The van der Waals surface area contributed by atoms with E-state index in [1.165, 1.54) is 0 Å². The zero-order valence-corrected chi connectivity index (χ0v) is 23.5. The number of aryl methyl sites for hydroxylation is 2. The van der Waals surface area contributed by atoms with Crippen LogP contribution in [-0.4, -0.2) is 53.6 Å². The molecule has 1 aliphatic heterocycles. The summed E-state index contributed by atoms with van der Waals surface area (Å²) in [6, 6.07) is 9.15. The Balaban J connectivity index is 1.49. The molecule has 2 aliphatic rings. The second-order valence-corrected chi connectivity index (χ2v) is 13.6. The summed E-state index contributed by atoms with van der Waals surface area (Å²) >= 11 is 0. The Hall–Kier alpha value is -3.73. The first-order chi connectivity index (χ1) is 18.6. The number of nitrogens with one attached hydrogen (secondary N) is 1. The van der Waals surface area contributed by atoms with Crippen molar-refractivity contribution in [3.63, 3.8) is 0 Å². The maximum atomic E-state index is 13.6. The molecular weight excluding hydrogens is 514 g/mol. The maximum Gasteiger partial charge on any atom is 0.258 e. The van der Waals surface area contributed by atoms with Gasteiger partial charge in [0, 0.05) is 47.1 Å². The van der Waals surface area contributed by atoms with Crippen LogP contribution >= 0.6 is 0 Å². The first kappa shape index (κ1) is 25.5. The summed E-state index contributed by atoms with van der Waals surface area (Å²) in [7, 11) is -0.460. The molecule has 10 nitrogen and oxygen atoms in total. The molecule has 39 heavy (non-hydrogen) atoms. The topological polar surface area (TPSA) is 116 Å². The third kappa shape index (κ3) is 5.27. The molecule has 3 aromatic heterocycles. The lowest BCUT2D eigenvalue weighted by Crippen LogP contribution is -2.25. The van der Waals surface area contributed by atoms with Crippen LogP contribution < -0.4 is 10.1 Å². The Morgan fingerprint density at radius 1 is 1.13 bits per heavy atom. The Kier molecular flexibility index (Phi) is 6.41. The standard InChI is InChI=1S/C28H33N7O3S/c1-17-10-20-12-24(30-17)22-14-29-34(2)27(22)38-16-19-7-5-6-18(11-19)15-35-25-13-21(33-39(3,4)37)8-9-23(25)31-28(35)32-26(20)36/h8-10,12-14,18-19H,5-7,11,15-16H2,1-4H3,(H,31,32,36)/t18-,19+/m1/s1. The highest BCUT2D eigenvalue weighted by molar-refractivity contribution is 7.92. The van der Waals surface area contributed by atoms with Gasteiger partial charge in [-0.1, -0.05) is 6.42 Å². The smallest absolute Gasteiger partial charge is 0.258 e. The lowest BCUT2D eigenvalue weighted by atomic mass is 9.81. The van der Waals surface area contributed by atoms with Gasteiger partial charge in [0.2, 0.25) is 11.8 Å². The highest BCUT2D eigenvalue weighted by Crippen LogP contribution is 2.36. The summed E-state index contributed by atoms with van der Waals surface area (Å²) in [5, 5.41) is 7.49. The third-order valence-corrected chi connectivity index (χ3v) is 8.10. The molecule has 1 aliphatic carbocycles. The van der Waals surface area contributed by atoms with Crippen molar-refractivity contribution in [2.24, 2.45) is 23.2 Å². The van der Waals surface area contributed by atoms with Crippen LogP contribution in [0, 0.1) is 18.8 Å². The average Bonchev–Trinajstić information content (AvgIpc) is 3.40. The molecule has 1 saturated carbocycles. The van der Waals surface area contributed by atoms with Crippen LogP contribution in [0.25, 0.3) is 22.3 Å². The monoisotopic (exact) mass is 547 g/mol. The van der Waals surface area contributed by atoms with Gasteiger partial charge in [0.15, 0.2) is 0 Å². The van der Waals surface area contributed by atoms with Gasteiger partial charge < -0.3 is 9.30 Å². The highest BCUT2D eigenvalue weighted by Gasteiger charge is 2.27. The van der Waals surface area contributed by atoms with Crippen LogP contribution in [0.3, 0.4) is 0 Å². The van der Waals surface area contributed by atoms with Crippen molar-refractivity contribution in [3.05, 3.63) is 47.8 Å². The normalized spacial score (nSPS) is 19.7. The predicted octanol–water partition coefficient (Wildman–Crippen LogP) is 4.95. The number of anilines is 1. The van der Waals surface area contributed by atoms with Gasteiger partial charge in [-0.25, -0.2) is 13.9 Å². The first-order valence-electron chi connectivity index (χ1n) is 13.3. The van der Waals surface area contributed by atoms with Crippen molar-refractivity contribution in [1.29, 1.82) is 0 Å². The fourth-order valence-corrected chi connectivity index (χ4v) is 6.38. The van der Waals surface area contributed by atoms with Crippen LogP contribution in [0.1, 0.15) is 41.7 Å². The van der Waals surface area contributed by atoms with Crippen molar-refractivity contribution in [1.82, 2.24) is 24.3 Å². The summed E-state index contributed by atoms with van der Waals surface area (Å²) in [6.07, 6.45) is 9.30. The molecule has 0 spiro atoms. The van der Waals surface area contributed by atoms with Crippen LogP contribution in [-0.2, 0) is 23.3 Å². The first-order valence-corrected chi connectivity index (χ1v) is 15.6. The highest BCUT2D eigenvalue weighted by atomic mass is 32.2. The SMILES string of the molecule is Cc1cc2cc(n1)-c1cnn(C)c1OC[C@H]1CCC[C@H](C1)Cn1c(nc3ccc(N=S(C)(C)=O)cc31)NC2=O. The van der Waals surface area contributed by atoms with Crippen molar-refractivity contribution < 1.29 is 13.7 Å². The molecule has 1 aromatic carbocycles. The molecule has 0 unspecified atom stereocenters. The molecule has 0 radical (unpaired) electrons. The van der Waals surface area contributed by atoms with E-state index >= 15 is 0 Å². The number of carbonyl (C=O) groups is 1. The Morgan fingerprint density at radius 2 is 1.95 bits per heavy atom. The number of nitrogens with zero attached hydrogens (tertiary/aromatic N) is 6. The Bertz CT molecular complexity index is 1710. The molecule has 1 amide bonds. The zero-order valence-electron chi connectivity index (χ0n) is 22.7. The molecule has 204 valence electrons. The quantitative estimate of drug-likeness (QED) is 0.360. The van der Waals surface area contributed by atoms with Gasteiger partial charge in [-0.05, 0) is 68.4 Å². The molecule has 0 saturated heterocycles. The number of hydrogen-bond acceptors (Lipinski definition) is 7. The minimum Gasteiger partial charge on any atom is -0.477 e. The van der Waals surface area contributed by atoms with E-state index in [4.69, 9.17) is 14.7 Å². The minimum absolute atomic E-state index is 0.267. The van der Waals surface area contributed by atoms with E-state index in [2.05, 4.69) is 19.3 Å². The number of ether oxygens (including phenoxy) is 1. The van der Waals surface area contributed by atoms with Crippen LogP contribution in [0.2, 0.25) is 0 Å². The van der Waals surface area contributed by atoms with E-state index < -0.39 is 9.73 Å². The lowest BCUT2D eigenvalue weighted by Gasteiger charge is -2.30. The molecule has 4 aromatic rings. The number of aromatic nitrogens is 5. The molecule has 11 heteroatoms. The molecule has 2 atom stereocenters. The Labute approximate surface area is 228 Å². The third-order valence-electron chi connectivity index (χ3n) is 7.45. The number of fused-ring (bicyclic) bond motifs is 9. The van der Waals surface area contributed by atoms with Crippen molar-refractivity contribution in [3.8, 4) is 17.1 Å². The van der Waals surface area contributed by atoms with E-state index in [9.17, 15) is 9.00 Å². The van der Waals surface area contributed by atoms with Crippen LogP contribution in [0.15, 0.2) is 40.9 Å². The molecular formula is C28H33N7O3S. The number of amides is 1. The van der Waals surface area contributed by atoms with E-state index in [1.807, 2.05) is 32.2 Å². The molecule has 4 bridgehead atoms. The van der Waals surface area contributed by atoms with E-state index in [-0.39, 0.29) is 5.91 Å². The number of hydrogen-bond donors (Lipinski definition) is 1. The summed E-state index contributed by atoms with van der Waals surface area (Å²) in [4.78, 5) is 23.1. The van der Waals surface area contributed by atoms with Crippen LogP contribution in [0.4, 0.5) is 11.6 Å². The number of imidazole rings is 1. The summed E-state index contributed by atoms with van der Waals surface area (Å²) < 4.78 is 27.0. The Morgan fingerprint density at radius 3 is 2.77 bits per heavy atom. The second kappa shape index (κ2) is 9.78. The summed E-state index contributed by atoms with van der Waals surface area (Å²) in [6.45, 7) is 3.17. The van der Waals surface area contributed by atoms with Gasteiger partial charge in [0.05, 0.1) is 40.8 Å². The fraction of sp³-hybridized carbons (Fsp3) is 0.429. The average molecular weight is 548 g/mol. The summed E-state index contributed by atoms with van der Waals surface area (Å²) in [5.74, 6) is 1.68. The van der Waals surface area contributed by atoms with Crippen molar-refractivity contribution in [2.75, 3.05) is 24.4 Å². The molecule has 1 N–H and O–H groups in total. The van der Waals surface area contributed by atoms with Gasteiger partial charge in [-0.2, -0.15) is 9.46 Å². The fourth-order valence-electron chi connectivity index (χ4n) is 5.76. The van der Waals surface area contributed by atoms with E-state index in [0.717, 1.165) is 48.0 Å². The number of benzene rings is 1. The predicted molar refractivity (Wildman–Crippen MR) is 152 cm³/mol. The van der Waals surface area contributed by atoms with Gasteiger partial charge >= 0.3 is 0 Å². The van der Waals surface area contributed by atoms with Gasteiger partial charge in [0.25, 0.3) is 5.91 Å². The molecule has 1 fully saturated rings. The minimum atomic E-state index is -2.32. The molecule has 4 heterocycles. The van der Waals surface area contributed by atoms with E-state index in [0.29, 0.717) is 53.8 Å². The maximum absolute atomic E-state index is 13.6. The van der Waals surface area contributed by atoms with Gasteiger partial charge in [0.1, 0.15) is 0 Å². The number of pyridine rings is 1. The van der Waals surface area contributed by atoms with Crippen molar-refractivity contribution in [2.45, 2.75) is 39.2 Å². The number of carbonyl (C=O) groups excluding carboxylic acids is 1. The van der Waals surface area contributed by atoms with Gasteiger partial charge in [-0.15, -0.1) is 0 Å². The van der Waals surface area contributed by atoms with Crippen molar-refractivity contribution >= 4 is 38.3 Å². The zero-order chi connectivity index (χ0) is 27.3. The van der Waals surface area contributed by atoms with Gasteiger partial charge in [-0.3, -0.25) is 15.1 Å².